The number of thioether (sulfide) groups is 1. The van der Waals surface area contributed by atoms with Gasteiger partial charge in [-0.25, -0.2) is 0 Å². The molecule has 14 heavy (non-hydrogen) atoms. The average Bonchev–Trinajstić information content (AvgIpc) is 2.62. The number of hydrogen-bond donors (Lipinski definition) is 1. The summed E-state index contributed by atoms with van der Waals surface area (Å²) in [5.41, 5.74) is 1.89. The molecular weight excluding hydrogens is 212 g/mol. The summed E-state index contributed by atoms with van der Waals surface area (Å²) in [6, 6.07) is 0. The van der Waals surface area contributed by atoms with Gasteiger partial charge in [-0.1, -0.05) is 6.42 Å². The van der Waals surface area contributed by atoms with Crippen LogP contribution < -0.4 is 5.32 Å². The van der Waals surface area contributed by atoms with Crippen LogP contribution in [0.3, 0.4) is 0 Å². The van der Waals surface area contributed by atoms with E-state index in [9.17, 15) is 0 Å². The topological polar surface area (TPSA) is 24.9 Å². The maximum Gasteiger partial charge on any atom is 0.0794 e. The SMILES string of the molecule is CSC1(CNCc2cncs2)CCC1. The largest absolute Gasteiger partial charge is 0.310 e. The maximum atomic E-state index is 4.06. The van der Waals surface area contributed by atoms with E-state index < -0.39 is 0 Å². The molecule has 0 amide bonds. The van der Waals surface area contributed by atoms with E-state index in [4.69, 9.17) is 0 Å². The van der Waals surface area contributed by atoms with Gasteiger partial charge in [-0.2, -0.15) is 11.8 Å². The molecule has 1 fully saturated rings. The van der Waals surface area contributed by atoms with Gasteiger partial charge in [0.25, 0.3) is 0 Å². The lowest BCUT2D eigenvalue weighted by Crippen LogP contribution is -2.43. The first-order valence-corrected chi connectivity index (χ1v) is 7.08. The third-order valence-corrected chi connectivity index (χ3v) is 5.13. The van der Waals surface area contributed by atoms with Crippen molar-refractivity contribution in [1.82, 2.24) is 10.3 Å². The molecular formula is C10H16N2S2. The molecule has 0 unspecified atom stereocenters. The highest BCUT2D eigenvalue weighted by molar-refractivity contribution is 8.00. The molecule has 1 N–H and O–H groups in total. The highest BCUT2D eigenvalue weighted by Crippen LogP contribution is 2.42. The van der Waals surface area contributed by atoms with Crippen LogP contribution >= 0.6 is 23.1 Å². The second-order valence-corrected chi connectivity index (χ2v) is 6.06. The van der Waals surface area contributed by atoms with Crippen molar-refractivity contribution < 1.29 is 0 Å². The number of rotatable bonds is 5. The predicted molar refractivity (Wildman–Crippen MR) is 63.9 cm³/mol. The molecule has 0 aliphatic heterocycles. The van der Waals surface area contributed by atoms with Crippen LogP contribution in [0.15, 0.2) is 11.7 Å². The summed E-state index contributed by atoms with van der Waals surface area (Å²) in [5.74, 6) is 0. The molecule has 0 spiro atoms. The van der Waals surface area contributed by atoms with Crippen molar-refractivity contribution >= 4 is 23.1 Å². The summed E-state index contributed by atoms with van der Waals surface area (Å²) in [6.07, 6.45) is 8.34. The van der Waals surface area contributed by atoms with E-state index in [2.05, 4.69) is 16.6 Å². The van der Waals surface area contributed by atoms with Gasteiger partial charge >= 0.3 is 0 Å². The molecule has 2 nitrogen and oxygen atoms in total. The fourth-order valence-corrected chi connectivity index (χ4v) is 3.27. The van der Waals surface area contributed by atoms with Gasteiger partial charge in [-0.05, 0) is 19.1 Å². The molecule has 0 bridgehead atoms. The second kappa shape index (κ2) is 4.64. The van der Waals surface area contributed by atoms with Gasteiger partial charge < -0.3 is 5.32 Å². The fraction of sp³-hybridized carbons (Fsp3) is 0.700. The summed E-state index contributed by atoms with van der Waals surface area (Å²) in [6.45, 7) is 2.12. The van der Waals surface area contributed by atoms with Crippen molar-refractivity contribution in [3.63, 3.8) is 0 Å². The molecule has 1 aliphatic rings. The molecule has 1 aromatic rings. The highest BCUT2D eigenvalue weighted by Gasteiger charge is 2.35. The number of aromatic nitrogens is 1. The van der Waals surface area contributed by atoms with Crippen molar-refractivity contribution in [2.45, 2.75) is 30.6 Å². The molecule has 0 atom stereocenters. The van der Waals surface area contributed by atoms with Crippen LogP contribution in [0.25, 0.3) is 0 Å². The Bertz CT molecular complexity index is 262. The van der Waals surface area contributed by atoms with Gasteiger partial charge in [-0.3, -0.25) is 4.98 Å². The number of nitrogens with zero attached hydrogens (tertiary/aromatic N) is 1. The van der Waals surface area contributed by atoms with E-state index in [1.165, 1.54) is 24.1 Å². The Morgan fingerprint density at radius 2 is 2.50 bits per heavy atom. The Balaban J connectivity index is 1.72. The fourth-order valence-electron chi connectivity index (χ4n) is 1.77. The lowest BCUT2D eigenvalue weighted by Gasteiger charge is -2.40. The summed E-state index contributed by atoms with van der Waals surface area (Å²) >= 11 is 3.75. The third-order valence-electron chi connectivity index (χ3n) is 2.93. The molecule has 4 heteroatoms. The van der Waals surface area contributed by atoms with Gasteiger partial charge in [0.2, 0.25) is 0 Å². The van der Waals surface area contributed by atoms with E-state index in [1.54, 1.807) is 11.3 Å². The molecule has 0 aromatic carbocycles. The second-order valence-electron chi connectivity index (χ2n) is 3.81. The zero-order valence-electron chi connectivity index (χ0n) is 8.45. The number of hydrogen-bond acceptors (Lipinski definition) is 4. The van der Waals surface area contributed by atoms with E-state index >= 15 is 0 Å². The molecule has 0 saturated heterocycles. The lowest BCUT2D eigenvalue weighted by molar-refractivity contribution is 0.346. The van der Waals surface area contributed by atoms with Gasteiger partial charge in [0.15, 0.2) is 0 Å². The maximum absolute atomic E-state index is 4.06. The first-order chi connectivity index (χ1) is 6.85. The number of thiazole rings is 1. The Kier molecular flexibility index (Phi) is 3.47. The van der Waals surface area contributed by atoms with E-state index in [0.29, 0.717) is 4.75 Å². The Morgan fingerprint density at radius 3 is 3.00 bits per heavy atom. The van der Waals surface area contributed by atoms with Crippen LogP contribution in [0, 0.1) is 0 Å². The molecule has 1 saturated carbocycles. The van der Waals surface area contributed by atoms with Crippen molar-refractivity contribution in [2.75, 3.05) is 12.8 Å². The molecule has 1 heterocycles. The Labute approximate surface area is 93.5 Å². The zero-order chi connectivity index (χ0) is 9.86. The standard InChI is InChI=1S/C10H16N2S2/c1-13-10(3-2-4-10)7-11-5-9-6-12-8-14-9/h6,8,11H,2-5,7H2,1H3. The van der Waals surface area contributed by atoms with E-state index in [1.807, 2.05) is 23.5 Å². The van der Waals surface area contributed by atoms with Crippen LogP contribution in [-0.2, 0) is 6.54 Å². The third kappa shape index (κ3) is 2.30. The van der Waals surface area contributed by atoms with Gasteiger partial charge in [0, 0.05) is 28.9 Å². The molecule has 0 radical (unpaired) electrons. The quantitative estimate of drug-likeness (QED) is 0.838. The van der Waals surface area contributed by atoms with Crippen LogP contribution in [-0.4, -0.2) is 22.5 Å². The van der Waals surface area contributed by atoms with Crippen molar-refractivity contribution in [3.05, 3.63) is 16.6 Å². The van der Waals surface area contributed by atoms with Crippen molar-refractivity contribution in [2.24, 2.45) is 0 Å². The van der Waals surface area contributed by atoms with Gasteiger partial charge in [0.05, 0.1) is 5.51 Å². The first-order valence-electron chi connectivity index (χ1n) is 4.98. The van der Waals surface area contributed by atoms with Crippen molar-refractivity contribution in [3.8, 4) is 0 Å². The van der Waals surface area contributed by atoms with Gasteiger partial charge in [0.1, 0.15) is 0 Å². The molecule has 1 aliphatic carbocycles. The predicted octanol–water partition coefficient (Wildman–Crippen LogP) is 2.52. The summed E-state index contributed by atoms with van der Waals surface area (Å²) < 4.78 is 0.546. The van der Waals surface area contributed by atoms with E-state index in [-0.39, 0.29) is 0 Å². The average molecular weight is 228 g/mol. The molecule has 2 rings (SSSR count). The summed E-state index contributed by atoms with van der Waals surface area (Å²) in [5, 5.41) is 3.53. The van der Waals surface area contributed by atoms with Crippen LogP contribution in [0.1, 0.15) is 24.1 Å². The minimum atomic E-state index is 0.546. The highest BCUT2D eigenvalue weighted by atomic mass is 32.2. The van der Waals surface area contributed by atoms with Crippen molar-refractivity contribution in [1.29, 1.82) is 0 Å². The lowest BCUT2D eigenvalue weighted by atomic mass is 9.84. The molecule has 1 aromatic heterocycles. The number of nitrogens with one attached hydrogen (secondary N) is 1. The van der Waals surface area contributed by atoms with Crippen LogP contribution in [0.5, 0.6) is 0 Å². The molecule has 78 valence electrons. The summed E-state index contributed by atoms with van der Waals surface area (Å²) in [4.78, 5) is 5.40. The van der Waals surface area contributed by atoms with Crippen LogP contribution in [0.4, 0.5) is 0 Å². The van der Waals surface area contributed by atoms with Crippen LogP contribution in [0.2, 0.25) is 0 Å². The minimum absolute atomic E-state index is 0.546. The summed E-state index contributed by atoms with van der Waals surface area (Å²) in [7, 11) is 0. The Hall–Kier alpha value is -0.0600. The van der Waals surface area contributed by atoms with E-state index in [0.717, 1.165) is 13.1 Å². The first kappa shape index (κ1) is 10.5. The Morgan fingerprint density at radius 1 is 1.64 bits per heavy atom. The normalized spacial score (nSPS) is 19.2. The monoisotopic (exact) mass is 228 g/mol. The zero-order valence-corrected chi connectivity index (χ0v) is 10.1. The minimum Gasteiger partial charge on any atom is -0.310 e. The smallest absolute Gasteiger partial charge is 0.0794 e. The van der Waals surface area contributed by atoms with Gasteiger partial charge in [-0.15, -0.1) is 11.3 Å².